The van der Waals surface area contributed by atoms with Crippen molar-refractivity contribution in [2.45, 2.75) is 80.4 Å². The summed E-state index contributed by atoms with van der Waals surface area (Å²) < 4.78 is 26.2. The number of nitrogens with zero attached hydrogens (tertiary/aromatic N) is 18. The van der Waals surface area contributed by atoms with Crippen molar-refractivity contribution in [1.29, 1.82) is 0 Å². The van der Waals surface area contributed by atoms with E-state index in [4.69, 9.17) is 19.7 Å². The SMILES string of the molecule is Cc1cc2cnc(Nc3cc(F)c(N4CCNCC4)cn3)nc2c2c1cnn2C(C)C.Cc1cc2cnc(Nc3ccc(N4CCNCC4)cn3)nc2c2c1cnn2C(C)C.Cc1cc2cnc(Nc3ccc(N4CCOCC4)cn3)nc2c2c1cnn2C(C)C.Cl.Cl. The van der Waals surface area contributed by atoms with Gasteiger partial charge in [-0.05, 0) is 121 Å². The number of ether oxygens (including phenoxy) is 1. The summed E-state index contributed by atoms with van der Waals surface area (Å²) in [6.45, 7) is 29.5. The highest BCUT2D eigenvalue weighted by atomic mass is 35.5. The van der Waals surface area contributed by atoms with E-state index in [2.05, 4.69) is 174 Å². The zero-order chi connectivity index (χ0) is 62.9. The molecule has 0 amide bonds. The zero-order valence-corrected chi connectivity index (χ0v) is 55.3. The number of morpholine rings is 1. The number of pyridine rings is 3. The van der Waals surface area contributed by atoms with Gasteiger partial charge in [-0.25, -0.2) is 49.2 Å². The Balaban J connectivity index is 0.000000141. The van der Waals surface area contributed by atoms with Crippen LogP contribution in [0, 0.1) is 26.6 Å². The Kier molecular flexibility index (Phi) is 19.9. The normalized spacial score (nSPS) is 14.4. The van der Waals surface area contributed by atoms with Crippen molar-refractivity contribution >= 4 is 143 Å². The van der Waals surface area contributed by atoms with E-state index >= 15 is 0 Å². The summed E-state index contributed by atoms with van der Waals surface area (Å²) in [6.07, 6.45) is 16.6. The maximum Gasteiger partial charge on any atom is 0.228 e. The van der Waals surface area contributed by atoms with E-state index in [1.54, 1.807) is 12.4 Å². The first-order valence-electron chi connectivity index (χ1n) is 31.2. The van der Waals surface area contributed by atoms with E-state index in [9.17, 15) is 4.39 Å². The van der Waals surface area contributed by atoms with Crippen molar-refractivity contribution in [3.05, 3.63) is 127 Å². The Labute approximate surface area is 550 Å². The smallest absolute Gasteiger partial charge is 0.228 e. The van der Waals surface area contributed by atoms with Gasteiger partial charge >= 0.3 is 0 Å². The van der Waals surface area contributed by atoms with E-state index in [1.165, 1.54) is 17.2 Å². The molecule has 12 aromatic rings. The molecule has 5 N–H and O–H groups in total. The molecule has 3 aliphatic heterocycles. The van der Waals surface area contributed by atoms with E-state index in [1.807, 2.05) is 74.5 Å². The fourth-order valence-corrected chi connectivity index (χ4v) is 12.0. The average Bonchev–Trinajstić information content (AvgIpc) is 1.71. The van der Waals surface area contributed by atoms with Gasteiger partial charge in [0.25, 0.3) is 0 Å². The van der Waals surface area contributed by atoms with E-state index < -0.39 is 0 Å². The van der Waals surface area contributed by atoms with Crippen LogP contribution in [0.4, 0.5) is 56.8 Å². The van der Waals surface area contributed by atoms with Gasteiger partial charge in [-0.15, -0.1) is 24.8 Å². The van der Waals surface area contributed by atoms with Gasteiger partial charge < -0.3 is 46.0 Å². The van der Waals surface area contributed by atoms with Gasteiger partial charge in [0.15, 0.2) is 5.82 Å². The maximum absolute atomic E-state index is 14.7. The summed E-state index contributed by atoms with van der Waals surface area (Å²) in [6, 6.07) is 16.5. The Bertz CT molecular complexity index is 4390. The first kappa shape index (κ1) is 65.2. The third-order valence-electron chi connectivity index (χ3n) is 16.7. The van der Waals surface area contributed by atoms with Gasteiger partial charge in [0, 0.05) is 141 Å². The lowest BCUT2D eigenvalue weighted by atomic mass is 10.1. The Morgan fingerprint density at radius 3 is 1.16 bits per heavy atom. The molecule has 0 unspecified atom stereocenters. The molecule has 0 spiro atoms. The predicted molar refractivity (Wildman–Crippen MR) is 374 cm³/mol. The van der Waals surface area contributed by atoms with Crippen LogP contribution in [0.1, 0.15) is 76.4 Å². The molecule has 0 saturated carbocycles. The molecular weight excluding hydrogens is 1220 g/mol. The number of anilines is 9. The largest absolute Gasteiger partial charge is 0.378 e. The Morgan fingerprint density at radius 2 is 0.796 bits per heavy atom. The van der Waals surface area contributed by atoms with Crippen LogP contribution in [0.3, 0.4) is 0 Å². The standard InChI is InChI=1S/C22H25FN8.C22H26N8.C22H25N7O.2ClH/c1-13(2)31-21-16(11-27-31)14(3)8-15-10-26-22(29-20(15)21)28-19-9-17(23)18(12-25-19)30-6-4-24-5-7-30;1-14(2)30-21-18(13-26-30)15(3)10-16-11-25-22(28-20(16)21)27-19-5-4-17(12-24-19)29-8-6-23-7-9-29;1-14(2)29-21-18(13-25-29)15(3)10-16-11-24-22(27-20(16)21)26-19-5-4-17(12-23-19)28-6-8-30-9-7-28;;/h8-13,24H,4-7H2,1-3H3,(H,25,26,28,29);4-5,10-14,23H,6-9H2,1-3H3,(H,24,25,27,28);4-5,10-14H,6-9H2,1-3H3,(H,23,24,26,27);2*1H. The summed E-state index contributed by atoms with van der Waals surface area (Å²) in [5.74, 6) is 2.94. The first-order valence-corrected chi connectivity index (χ1v) is 31.2. The molecule has 3 aromatic carbocycles. The lowest BCUT2D eigenvalue weighted by molar-refractivity contribution is 0.122. The molecule has 12 heterocycles. The molecule has 3 aliphatic rings. The summed E-state index contributed by atoms with van der Waals surface area (Å²) in [5, 5.41) is 36.2. The number of benzene rings is 3. The van der Waals surface area contributed by atoms with Crippen molar-refractivity contribution in [2.75, 3.05) is 109 Å². The van der Waals surface area contributed by atoms with Gasteiger partial charge in [-0.3, -0.25) is 14.0 Å². The number of piperazine rings is 2. The zero-order valence-electron chi connectivity index (χ0n) is 53.7. The fourth-order valence-electron chi connectivity index (χ4n) is 12.0. The average molecular weight is 1300 g/mol. The van der Waals surface area contributed by atoms with Crippen LogP contribution >= 0.6 is 24.8 Å². The van der Waals surface area contributed by atoms with Crippen LogP contribution < -0.4 is 41.3 Å². The second-order valence-corrected chi connectivity index (χ2v) is 24.1. The molecule has 484 valence electrons. The topological polar surface area (TPSA) is 249 Å². The molecule has 0 radical (unpaired) electrons. The summed E-state index contributed by atoms with van der Waals surface area (Å²) >= 11 is 0. The minimum absolute atomic E-state index is 0. The summed E-state index contributed by atoms with van der Waals surface area (Å²) in [4.78, 5) is 47.9. The van der Waals surface area contributed by atoms with Gasteiger partial charge in [-0.2, -0.15) is 15.3 Å². The van der Waals surface area contributed by atoms with Crippen molar-refractivity contribution in [1.82, 2.24) is 84.8 Å². The molecule has 0 aliphatic carbocycles. The van der Waals surface area contributed by atoms with Crippen LogP contribution in [0.2, 0.25) is 0 Å². The van der Waals surface area contributed by atoms with Crippen LogP contribution in [-0.4, -0.2) is 153 Å². The van der Waals surface area contributed by atoms with Crippen LogP contribution in [-0.2, 0) is 4.74 Å². The quantitative estimate of drug-likeness (QED) is 0.0763. The molecule has 27 heteroatoms. The second-order valence-electron chi connectivity index (χ2n) is 24.1. The summed E-state index contributed by atoms with van der Waals surface area (Å²) in [5.41, 5.74) is 11.9. The highest BCUT2D eigenvalue weighted by molar-refractivity contribution is 6.07. The van der Waals surface area contributed by atoms with Gasteiger partial charge in [0.2, 0.25) is 17.8 Å². The minimum atomic E-state index is -0.309. The van der Waals surface area contributed by atoms with E-state index in [0.717, 1.165) is 167 Å². The molecule has 9 aromatic heterocycles. The summed E-state index contributed by atoms with van der Waals surface area (Å²) in [7, 11) is 0. The molecule has 3 saturated heterocycles. The van der Waals surface area contributed by atoms with Crippen LogP contribution in [0.5, 0.6) is 0 Å². The fraction of sp³-hybridized carbons (Fsp3) is 0.364. The number of hydrogen-bond acceptors (Lipinski definition) is 21. The number of aromatic nitrogens is 15. The van der Waals surface area contributed by atoms with Crippen LogP contribution in [0.15, 0.2) is 104 Å². The molecule has 0 atom stereocenters. The third kappa shape index (κ3) is 13.8. The second kappa shape index (κ2) is 28.3. The van der Waals surface area contributed by atoms with E-state index in [0.29, 0.717) is 35.2 Å². The Hall–Kier alpha value is -9.27. The number of nitrogens with one attached hydrogen (secondary N) is 5. The van der Waals surface area contributed by atoms with E-state index in [-0.39, 0.29) is 48.8 Å². The van der Waals surface area contributed by atoms with Crippen molar-refractivity contribution < 1.29 is 9.13 Å². The lowest BCUT2D eigenvalue weighted by Gasteiger charge is -2.29. The molecule has 24 nitrogen and oxygen atoms in total. The number of fused-ring (bicyclic) bond motifs is 9. The molecule has 0 bridgehead atoms. The third-order valence-corrected chi connectivity index (χ3v) is 16.7. The van der Waals surface area contributed by atoms with Crippen molar-refractivity contribution in [3.63, 3.8) is 0 Å². The lowest BCUT2D eigenvalue weighted by Crippen LogP contribution is -2.43. The Morgan fingerprint density at radius 1 is 0.430 bits per heavy atom. The molecule has 93 heavy (non-hydrogen) atoms. The van der Waals surface area contributed by atoms with Gasteiger partial charge in [0.05, 0.1) is 84.0 Å². The first-order chi connectivity index (χ1) is 44.2. The molecule has 3 fully saturated rings. The number of aryl methyl sites for hydroxylation is 3. The number of hydrogen-bond donors (Lipinski definition) is 5. The predicted octanol–water partition coefficient (Wildman–Crippen LogP) is 11.7. The van der Waals surface area contributed by atoms with Gasteiger partial charge in [-0.1, -0.05) is 0 Å². The number of rotatable bonds is 12. The maximum atomic E-state index is 14.7. The number of halogens is 3. The van der Waals surface area contributed by atoms with Crippen molar-refractivity contribution in [3.8, 4) is 0 Å². The monoisotopic (exact) mass is 1300 g/mol. The highest BCUT2D eigenvalue weighted by Crippen LogP contribution is 2.34. The van der Waals surface area contributed by atoms with Crippen molar-refractivity contribution in [2.24, 2.45) is 0 Å². The van der Waals surface area contributed by atoms with Gasteiger partial charge in [0.1, 0.15) is 34.0 Å². The van der Waals surface area contributed by atoms with Crippen LogP contribution in [0.25, 0.3) is 65.4 Å². The molecular formula is C66H78Cl2FN23O. The minimum Gasteiger partial charge on any atom is -0.378 e. The molecule has 15 rings (SSSR count). The highest BCUT2D eigenvalue weighted by Gasteiger charge is 2.21.